The number of nitrogens with one attached hydrogen (secondary N) is 1. The van der Waals surface area contributed by atoms with Crippen molar-refractivity contribution >= 4 is 28.2 Å². The summed E-state index contributed by atoms with van der Waals surface area (Å²) in [6.45, 7) is 0.143. The average Bonchev–Trinajstić information content (AvgIpc) is 3.56. The normalized spacial score (nSPS) is 20.7. The number of fused-ring (bicyclic) bond motifs is 2. The Morgan fingerprint density at radius 1 is 1.04 bits per heavy atom. The molecule has 0 unspecified atom stereocenters. The summed E-state index contributed by atoms with van der Waals surface area (Å²) in [5.41, 5.74) is 7.32. The van der Waals surface area contributed by atoms with Crippen molar-refractivity contribution in [3.63, 3.8) is 0 Å². The van der Waals surface area contributed by atoms with Gasteiger partial charge in [0.05, 0.1) is 16.6 Å². The van der Waals surface area contributed by atoms with Crippen molar-refractivity contribution in [1.29, 1.82) is 0 Å². The van der Waals surface area contributed by atoms with Gasteiger partial charge in [-0.15, -0.1) is 5.10 Å². The van der Waals surface area contributed by atoms with Gasteiger partial charge in [-0.05, 0) is 80.3 Å². The number of nitrogens with zero attached hydrogens (tertiary/aromatic N) is 4. The molecule has 2 amide bonds. The second-order valence-electron chi connectivity index (χ2n) is 13.2. The molecular weight excluding hydrogens is 610 g/mol. The van der Waals surface area contributed by atoms with E-state index >= 15 is 0 Å². The lowest BCUT2D eigenvalue weighted by molar-refractivity contribution is -0.0848. The summed E-state index contributed by atoms with van der Waals surface area (Å²) in [6.07, 6.45) is 4.46. The fraction of sp³-hybridized carbons (Fsp3) is 0.353. The summed E-state index contributed by atoms with van der Waals surface area (Å²) < 4.78 is 41.5. The van der Waals surface area contributed by atoms with Crippen molar-refractivity contribution in [3.05, 3.63) is 78.1 Å². The molecule has 244 valence electrons. The number of rotatable bonds is 10. The first kappa shape index (κ1) is 30.6. The van der Waals surface area contributed by atoms with Gasteiger partial charge in [-0.3, -0.25) is 9.59 Å². The predicted octanol–water partition coefficient (Wildman–Crippen LogP) is 5.11. The summed E-state index contributed by atoms with van der Waals surface area (Å²) in [6, 6.07) is 17.9. The van der Waals surface area contributed by atoms with Crippen molar-refractivity contribution in [3.8, 4) is 22.8 Å². The smallest absolute Gasteiger partial charge is 0.333 e. The molecule has 47 heavy (non-hydrogen) atoms. The average molecular weight is 645 g/mol. The monoisotopic (exact) mass is 644 g/mol. The summed E-state index contributed by atoms with van der Waals surface area (Å²) >= 11 is 0. The van der Waals surface area contributed by atoms with Gasteiger partial charge in [0.1, 0.15) is 24.0 Å². The maximum absolute atomic E-state index is 13.8. The van der Waals surface area contributed by atoms with Gasteiger partial charge in [0.2, 0.25) is 5.88 Å². The number of aromatic nitrogens is 4. The number of primary amides is 1. The Labute approximate surface area is 268 Å². The molecule has 0 atom stereocenters. The van der Waals surface area contributed by atoms with Gasteiger partial charge in [0, 0.05) is 23.7 Å². The van der Waals surface area contributed by atoms with Crippen molar-refractivity contribution < 1.29 is 33.0 Å². The fourth-order valence-electron chi connectivity index (χ4n) is 6.75. The Kier molecular flexibility index (Phi) is 7.38. The zero-order valence-electron chi connectivity index (χ0n) is 25.8. The lowest BCUT2D eigenvalue weighted by atomic mass is 9.53. The van der Waals surface area contributed by atoms with Crippen molar-refractivity contribution in [2.24, 2.45) is 11.1 Å². The molecular formula is C34H34F2N6O5. The van der Waals surface area contributed by atoms with E-state index in [2.05, 4.69) is 15.5 Å². The molecule has 3 aromatic heterocycles. The summed E-state index contributed by atoms with van der Waals surface area (Å²) in [5, 5.41) is 21.6. The first-order valence-corrected chi connectivity index (χ1v) is 15.4. The summed E-state index contributed by atoms with van der Waals surface area (Å²) in [7, 11) is 0. The third-order valence-corrected chi connectivity index (χ3v) is 8.92. The summed E-state index contributed by atoms with van der Waals surface area (Å²) in [5.74, 6) is -0.681. The molecule has 2 aromatic carbocycles. The molecule has 2 saturated carbocycles. The van der Waals surface area contributed by atoms with E-state index in [1.54, 1.807) is 30.6 Å². The molecule has 1 spiro atoms. The topological polar surface area (TPSA) is 146 Å². The number of carbonyl (C=O) groups is 2. The van der Waals surface area contributed by atoms with E-state index in [0.29, 0.717) is 23.0 Å². The van der Waals surface area contributed by atoms with Crippen LogP contribution in [0.25, 0.3) is 27.5 Å². The number of ether oxygens (including phenoxy) is 2. The van der Waals surface area contributed by atoms with Crippen LogP contribution in [0.15, 0.2) is 66.9 Å². The molecule has 0 bridgehead atoms. The first-order valence-electron chi connectivity index (χ1n) is 15.4. The number of carbonyl (C=O) groups excluding carboxylic acids is 2. The highest BCUT2D eigenvalue weighted by Crippen LogP contribution is 2.57. The highest BCUT2D eigenvalue weighted by atomic mass is 19.3. The zero-order valence-corrected chi connectivity index (χ0v) is 25.8. The Bertz CT molecular complexity index is 1990. The minimum Gasteiger partial charge on any atom is -0.491 e. The number of amides is 2. The number of alkyl halides is 2. The molecule has 11 nitrogen and oxygen atoms in total. The number of aliphatic hydroxyl groups is 1. The minimum absolute atomic E-state index is 0.0216. The SMILES string of the molecule is CC(C)(O)COc1ccc2c(C(=O)N[C@H]3CC4(C3)C[C@H](Oc3nn5ccc(-c6ccccc6)cc5c3C(N)=O)C4)nn(C(F)F)c2c1. The molecule has 2 fully saturated rings. The van der Waals surface area contributed by atoms with Gasteiger partial charge in [-0.2, -0.15) is 13.9 Å². The van der Waals surface area contributed by atoms with E-state index in [-0.39, 0.29) is 58.0 Å². The van der Waals surface area contributed by atoms with Gasteiger partial charge in [0.25, 0.3) is 11.8 Å². The van der Waals surface area contributed by atoms with Gasteiger partial charge >= 0.3 is 6.55 Å². The third kappa shape index (κ3) is 5.86. The first-order chi connectivity index (χ1) is 22.4. The molecule has 2 aliphatic carbocycles. The number of hydrogen-bond acceptors (Lipinski definition) is 7. The molecule has 7 rings (SSSR count). The standard InChI is InChI=1S/C34H34F2N6O5/c1-33(2,45)18-46-22-8-9-24-25(13-22)42(32(35)36)39-28(24)30(44)38-21-14-34(15-21)16-23(17-34)47-31-27(29(37)43)26-12-20(10-11-41(26)40-31)19-6-4-3-5-7-19/h3-13,21,23,32,45H,14-18H2,1-2H3,(H2,37,43)(H,38,44)/t21-,23-,34?. The van der Waals surface area contributed by atoms with E-state index < -0.39 is 24.0 Å². The molecule has 0 saturated heterocycles. The Balaban J connectivity index is 0.989. The van der Waals surface area contributed by atoms with E-state index in [1.807, 2.05) is 42.5 Å². The Hall–Kier alpha value is -5.04. The molecule has 3 heterocycles. The van der Waals surface area contributed by atoms with Gasteiger partial charge in [0.15, 0.2) is 5.69 Å². The number of halogens is 2. The van der Waals surface area contributed by atoms with Crippen molar-refractivity contribution in [2.75, 3.05) is 6.61 Å². The van der Waals surface area contributed by atoms with Crippen LogP contribution >= 0.6 is 0 Å². The maximum atomic E-state index is 13.8. The van der Waals surface area contributed by atoms with E-state index in [0.717, 1.165) is 24.0 Å². The quantitative estimate of drug-likeness (QED) is 0.191. The third-order valence-electron chi connectivity index (χ3n) is 8.92. The molecule has 4 N–H and O–H groups in total. The van der Waals surface area contributed by atoms with Crippen LogP contribution in [0.1, 0.15) is 66.9 Å². The molecule has 0 radical (unpaired) electrons. The van der Waals surface area contributed by atoms with E-state index in [1.165, 1.54) is 12.1 Å². The lowest BCUT2D eigenvalue weighted by Crippen LogP contribution is -2.58. The second-order valence-corrected chi connectivity index (χ2v) is 13.2. The number of pyridine rings is 1. The number of benzene rings is 2. The second kappa shape index (κ2) is 11.3. The van der Waals surface area contributed by atoms with Gasteiger partial charge in [-0.25, -0.2) is 9.20 Å². The van der Waals surface area contributed by atoms with Crippen LogP contribution in [-0.2, 0) is 0 Å². The van der Waals surface area contributed by atoms with Crippen LogP contribution in [0.3, 0.4) is 0 Å². The minimum atomic E-state index is -2.96. The highest BCUT2D eigenvalue weighted by molar-refractivity contribution is 6.05. The van der Waals surface area contributed by atoms with Crippen LogP contribution in [0.2, 0.25) is 0 Å². The van der Waals surface area contributed by atoms with E-state index in [4.69, 9.17) is 15.2 Å². The zero-order chi connectivity index (χ0) is 33.1. The number of hydrogen-bond donors (Lipinski definition) is 3. The number of nitrogens with two attached hydrogens (primary N) is 1. The molecule has 5 aromatic rings. The predicted molar refractivity (Wildman–Crippen MR) is 168 cm³/mol. The Morgan fingerprint density at radius 2 is 1.79 bits per heavy atom. The maximum Gasteiger partial charge on any atom is 0.333 e. The Morgan fingerprint density at radius 3 is 2.47 bits per heavy atom. The van der Waals surface area contributed by atoms with Gasteiger partial charge < -0.3 is 25.6 Å². The summed E-state index contributed by atoms with van der Waals surface area (Å²) in [4.78, 5) is 25.7. The van der Waals surface area contributed by atoms with Crippen LogP contribution in [0.4, 0.5) is 8.78 Å². The fourth-order valence-corrected chi connectivity index (χ4v) is 6.75. The van der Waals surface area contributed by atoms with Crippen LogP contribution < -0.4 is 20.5 Å². The van der Waals surface area contributed by atoms with E-state index in [9.17, 15) is 23.5 Å². The molecule has 13 heteroatoms. The van der Waals surface area contributed by atoms with Gasteiger partial charge in [-0.1, -0.05) is 30.3 Å². The lowest BCUT2D eigenvalue weighted by Gasteiger charge is -2.57. The highest BCUT2D eigenvalue weighted by Gasteiger charge is 2.54. The molecule has 2 aliphatic rings. The largest absolute Gasteiger partial charge is 0.491 e. The molecule has 0 aliphatic heterocycles. The van der Waals surface area contributed by atoms with Crippen molar-refractivity contribution in [2.45, 2.75) is 63.8 Å². The van der Waals surface area contributed by atoms with Crippen LogP contribution in [0.5, 0.6) is 11.6 Å². The van der Waals surface area contributed by atoms with Crippen LogP contribution in [0, 0.1) is 5.41 Å². The van der Waals surface area contributed by atoms with Crippen molar-refractivity contribution in [1.82, 2.24) is 24.7 Å². The van der Waals surface area contributed by atoms with Crippen LogP contribution in [-0.4, -0.2) is 60.7 Å².